The van der Waals surface area contributed by atoms with Gasteiger partial charge in [-0.05, 0) is 12.0 Å². The SMILES string of the molecule is O=C(O)C1C=CC2=C(CNC2)C1. The van der Waals surface area contributed by atoms with Gasteiger partial charge in [0.2, 0.25) is 0 Å². The van der Waals surface area contributed by atoms with Crippen molar-refractivity contribution in [1.29, 1.82) is 0 Å². The third kappa shape index (κ3) is 1.16. The van der Waals surface area contributed by atoms with Gasteiger partial charge in [0.05, 0.1) is 5.92 Å². The molecule has 0 amide bonds. The van der Waals surface area contributed by atoms with Crippen molar-refractivity contribution < 1.29 is 9.90 Å². The van der Waals surface area contributed by atoms with Crippen LogP contribution < -0.4 is 5.32 Å². The second-order valence-corrected chi connectivity index (χ2v) is 3.24. The number of aliphatic carboxylic acids is 1. The largest absolute Gasteiger partial charge is 0.481 e. The summed E-state index contributed by atoms with van der Waals surface area (Å²) >= 11 is 0. The van der Waals surface area contributed by atoms with E-state index in [1.54, 1.807) is 6.08 Å². The smallest absolute Gasteiger partial charge is 0.310 e. The number of rotatable bonds is 1. The highest BCUT2D eigenvalue weighted by Gasteiger charge is 2.23. The van der Waals surface area contributed by atoms with Crippen molar-refractivity contribution in [1.82, 2.24) is 5.32 Å². The highest BCUT2D eigenvalue weighted by molar-refractivity contribution is 5.73. The first-order chi connectivity index (χ1) is 5.77. The van der Waals surface area contributed by atoms with E-state index >= 15 is 0 Å². The van der Waals surface area contributed by atoms with Gasteiger partial charge in [0.25, 0.3) is 0 Å². The Bertz CT molecular complexity index is 278. The molecule has 0 fully saturated rings. The van der Waals surface area contributed by atoms with Gasteiger partial charge < -0.3 is 10.4 Å². The molecule has 12 heavy (non-hydrogen) atoms. The van der Waals surface area contributed by atoms with Crippen molar-refractivity contribution in [2.45, 2.75) is 6.42 Å². The molecule has 3 heteroatoms. The van der Waals surface area contributed by atoms with Crippen LogP contribution in [0.2, 0.25) is 0 Å². The van der Waals surface area contributed by atoms with Crippen LogP contribution in [0.1, 0.15) is 6.42 Å². The minimum atomic E-state index is -0.718. The van der Waals surface area contributed by atoms with Gasteiger partial charge in [-0.2, -0.15) is 0 Å². The van der Waals surface area contributed by atoms with E-state index < -0.39 is 5.97 Å². The van der Waals surface area contributed by atoms with Crippen LogP contribution in [0.4, 0.5) is 0 Å². The quantitative estimate of drug-likeness (QED) is 0.596. The van der Waals surface area contributed by atoms with Gasteiger partial charge in [-0.1, -0.05) is 17.7 Å². The molecule has 3 nitrogen and oxygen atoms in total. The molecular formula is C9H11NO2. The number of nitrogens with one attached hydrogen (secondary N) is 1. The zero-order chi connectivity index (χ0) is 8.55. The lowest BCUT2D eigenvalue weighted by atomic mass is 9.91. The summed E-state index contributed by atoms with van der Waals surface area (Å²) in [6, 6.07) is 0. The van der Waals surface area contributed by atoms with E-state index in [0.717, 1.165) is 13.1 Å². The van der Waals surface area contributed by atoms with Gasteiger partial charge in [0, 0.05) is 13.1 Å². The van der Waals surface area contributed by atoms with Gasteiger partial charge in [-0.3, -0.25) is 4.79 Å². The predicted octanol–water partition coefficient (Wildman–Crippen LogP) is 0.547. The van der Waals surface area contributed by atoms with Gasteiger partial charge in [0.1, 0.15) is 0 Å². The fourth-order valence-electron chi connectivity index (χ4n) is 1.70. The molecule has 2 rings (SSSR count). The Hall–Kier alpha value is -1.09. The van der Waals surface area contributed by atoms with E-state index in [1.165, 1.54) is 11.1 Å². The van der Waals surface area contributed by atoms with Gasteiger partial charge in [-0.25, -0.2) is 0 Å². The maximum atomic E-state index is 10.6. The van der Waals surface area contributed by atoms with Crippen molar-refractivity contribution in [3.05, 3.63) is 23.3 Å². The Kier molecular flexibility index (Phi) is 1.73. The third-order valence-electron chi connectivity index (χ3n) is 2.42. The zero-order valence-electron chi connectivity index (χ0n) is 6.71. The van der Waals surface area contributed by atoms with Crippen LogP contribution in [0.3, 0.4) is 0 Å². The second-order valence-electron chi connectivity index (χ2n) is 3.24. The van der Waals surface area contributed by atoms with E-state index in [9.17, 15) is 4.79 Å². The number of carbonyl (C=O) groups is 1. The van der Waals surface area contributed by atoms with E-state index in [0.29, 0.717) is 6.42 Å². The monoisotopic (exact) mass is 165 g/mol. The van der Waals surface area contributed by atoms with Crippen LogP contribution in [0.5, 0.6) is 0 Å². The molecule has 0 saturated heterocycles. The number of hydrogen-bond acceptors (Lipinski definition) is 2. The topological polar surface area (TPSA) is 49.3 Å². The highest BCUT2D eigenvalue weighted by atomic mass is 16.4. The molecule has 2 N–H and O–H groups in total. The van der Waals surface area contributed by atoms with Crippen molar-refractivity contribution >= 4 is 5.97 Å². The molecule has 1 heterocycles. The predicted molar refractivity (Wildman–Crippen MR) is 44.8 cm³/mol. The van der Waals surface area contributed by atoms with E-state index in [1.807, 2.05) is 6.08 Å². The summed E-state index contributed by atoms with van der Waals surface area (Å²) in [6.45, 7) is 1.77. The van der Waals surface area contributed by atoms with Crippen LogP contribution in [-0.2, 0) is 4.79 Å². The van der Waals surface area contributed by atoms with Crippen LogP contribution in [0, 0.1) is 5.92 Å². The van der Waals surface area contributed by atoms with Crippen molar-refractivity contribution in [2.75, 3.05) is 13.1 Å². The molecule has 1 unspecified atom stereocenters. The minimum Gasteiger partial charge on any atom is -0.481 e. The van der Waals surface area contributed by atoms with Gasteiger partial charge in [0.15, 0.2) is 0 Å². The Labute approximate surface area is 70.8 Å². The number of carboxylic acid groups (broad SMARTS) is 1. The number of carboxylic acids is 1. The fourth-order valence-corrected chi connectivity index (χ4v) is 1.70. The molecule has 0 saturated carbocycles. The summed E-state index contributed by atoms with van der Waals surface area (Å²) in [4.78, 5) is 10.6. The first kappa shape index (κ1) is 7.55. The Morgan fingerprint density at radius 2 is 2.42 bits per heavy atom. The van der Waals surface area contributed by atoms with Gasteiger partial charge in [-0.15, -0.1) is 0 Å². The zero-order valence-corrected chi connectivity index (χ0v) is 6.71. The maximum absolute atomic E-state index is 10.6. The number of hydrogen-bond donors (Lipinski definition) is 2. The average Bonchev–Trinajstić information content (AvgIpc) is 2.49. The average molecular weight is 165 g/mol. The molecule has 1 atom stereocenters. The molecule has 1 aliphatic carbocycles. The van der Waals surface area contributed by atoms with Gasteiger partial charge >= 0.3 is 5.97 Å². The lowest BCUT2D eigenvalue weighted by molar-refractivity contribution is -0.140. The standard InChI is InChI=1S/C9H11NO2/c11-9(12)6-1-2-7-4-10-5-8(7)3-6/h1-2,6,10H,3-5H2,(H,11,12). The summed E-state index contributed by atoms with van der Waals surface area (Å²) in [6.07, 6.45) is 4.42. The minimum absolute atomic E-state index is 0.302. The van der Waals surface area contributed by atoms with Crippen LogP contribution in [-0.4, -0.2) is 24.2 Å². The van der Waals surface area contributed by atoms with E-state index in [2.05, 4.69) is 5.32 Å². The molecule has 0 aromatic rings. The van der Waals surface area contributed by atoms with E-state index in [4.69, 9.17) is 5.11 Å². The summed E-state index contributed by atoms with van der Waals surface area (Å²) in [5.74, 6) is -1.02. The lowest BCUT2D eigenvalue weighted by Crippen LogP contribution is -2.15. The first-order valence-corrected chi connectivity index (χ1v) is 4.10. The lowest BCUT2D eigenvalue weighted by Gasteiger charge is -2.13. The summed E-state index contributed by atoms with van der Waals surface area (Å²) in [5.41, 5.74) is 2.55. The summed E-state index contributed by atoms with van der Waals surface area (Å²) < 4.78 is 0. The summed E-state index contributed by atoms with van der Waals surface area (Å²) in [5, 5.41) is 12.0. The first-order valence-electron chi connectivity index (χ1n) is 4.10. The van der Waals surface area contributed by atoms with Crippen molar-refractivity contribution in [3.63, 3.8) is 0 Å². The van der Waals surface area contributed by atoms with Crippen LogP contribution in [0.15, 0.2) is 23.3 Å². The van der Waals surface area contributed by atoms with Crippen LogP contribution in [0.25, 0.3) is 0 Å². The molecular weight excluding hydrogens is 154 g/mol. The van der Waals surface area contributed by atoms with Crippen molar-refractivity contribution in [3.8, 4) is 0 Å². The summed E-state index contributed by atoms with van der Waals surface area (Å²) in [7, 11) is 0. The fraction of sp³-hybridized carbons (Fsp3) is 0.444. The highest BCUT2D eigenvalue weighted by Crippen LogP contribution is 2.25. The molecule has 0 bridgehead atoms. The third-order valence-corrected chi connectivity index (χ3v) is 2.42. The molecule has 1 aliphatic heterocycles. The molecule has 0 spiro atoms. The van der Waals surface area contributed by atoms with E-state index in [-0.39, 0.29) is 5.92 Å². The van der Waals surface area contributed by atoms with Crippen LogP contribution >= 0.6 is 0 Å². The Morgan fingerprint density at radius 1 is 1.58 bits per heavy atom. The molecule has 0 aromatic heterocycles. The molecule has 0 radical (unpaired) electrons. The Morgan fingerprint density at radius 3 is 3.17 bits per heavy atom. The second kappa shape index (κ2) is 2.75. The Balaban J connectivity index is 2.15. The van der Waals surface area contributed by atoms with Crippen molar-refractivity contribution in [2.24, 2.45) is 5.92 Å². The normalized spacial score (nSPS) is 27.5. The molecule has 0 aromatic carbocycles. The molecule has 64 valence electrons. The maximum Gasteiger partial charge on any atom is 0.310 e. The molecule has 2 aliphatic rings.